The summed E-state index contributed by atoms with van der Waals surface area (Å²) in [5.74, 6) is 0.800. The molecule has 0 radical (unpaired) electrons. The standard InChI is InChI=1S/C16H19N5O2/c1-10-2-5-15(22)21(19-10)9-11-7-20(8-11)16(23)14-6-13(17-18-14)12-3-4-12/h2,5-6,11-12H,3-4,7-9H2,1H3,(H,17,18). The van der Waals surface area contributed by atoms with Crippen LogP contribution in [0, 0.1) is 12.8 Å². The molecule has 2 aromatic heterocycles. The van der Waals surface area contributed by atoms with Gasteiger partial charge in [-0.15, -0.1) is 0 Å². The lowest BCUT2D eigenvalue weighted by Gasteiger charge is -2.38. The number of hydrogen-bond acceptors (Lipinski definition) is 4. The van der Waals surface area contributed by atoms with Crippen molar-refractivity contribution in [2.75, 3.05) is 13.1 Å². The van der Waals surface area contributed by atoms with Gasteiger partial charge in [-0.05, 0) is 31.9 Å². The van der Waals surface area contributed by atoms with Gasteiger partial charge >= 0.3 is 0 Å². The fraction of sp³-hybridized carbons (Fsp3) is 0.500. The molecule has 7 heteroatoms. The molecule has 7 nitrogen and oxygen atoms in total. The first-order valence-electron chi connectivity index (χ1n) is 7.99. The highest BCUT2D eigenvalue weighted by atomic mass is 16.2. The number of aromatic amines is 1. The number of carbonyl (C=O) groups excluding carboxylic acids is 1. The summed E-state index contributed by atoms with van der Waals surface area (Å²) in [7, 11) is 0. The maximum atomic E-state index is 12.4. The fourth-order valence-corrected chi connectivity index (χ4v) is 2.99. The number of aryl methyl sites for hydroxylation is 1. The van der Waals surface area contributed by atoms with E-state index in [0.29, 0.717) is 31.2 Å². The molecule has 0 unspecified atom stereocenters. The van der Waals surface area contributed by atoms with E-state index < -0.39 is 0 Å². The van der Waals surface area contributed by atoms with Gasteiger partial charge in [-0.25, -0.2) is 4.68 Å². The number of likely N-dealkylation sites (tertiary alicyclic amines) is 1. The Kier molecular flexibility index (Phi) is 3.28. The molecule has 4 rings (SSSR count). The molecule has 0 spiro atoms. The average Bonchev–Trinajstić information content (AvgIpc) is 3.22. The van der Waals surface area contributed by atoms with Crippen LogP contribution in [0.1, 0.15) is 40.6 Å². The van der Waals surface area contributed by atoms with Crippen LogP contribution in [0.5, 0.6) is 0 Å². The second kappa shape index (κ2) is 5.33. The van der Waals surface area contributed by atoms with E-state index in [0.717, 1.165) is 11.4 Å². The zero-order valence-corrected chi connectivity index (χ0v) is 13.0. The van der Waals surface area contributed by atoms with E-state index in [1.54, 1.807) is 11.0 Å². The third-order valence-electron chi connectivity index (χ3n) is 4.51. The highest BCUT2D eigenvalue weighted by molar-refractivity contribution is 5.93. The van der Waals surface area contributed by atoms with E-state index in [2.05, 4.69) is 15.3 Å². The minimum Gasteiger partial charge on any atom is -0.336 e. The van der Waals surface area contributed by atoms with E-state index in [4.69, 9.17) is 0 Å². The van der Waals surface area contributed by atoms with Crippen LogP contribution >= 0.6 is 0 Å². The fourth-order valence-electron chi connectivity index (χ4n) is 2.99. The highest BCUT2D eigenvalue weighted by Gasteiger charge is 2.34. The van der Waals surface area contributed by atoms with Gasteiger partial charge in [0.1, 0.15) is 5.69 Å². The molecule has 1 aliphatic carbocycles. The van der Waals surface area contributed by atoms with Crippen LogP contribution in [0.4, 0.5) is 0 Å². The predicted molar refractivity (Wildman–Crippen MR) is 83.2 cm³/mol. The second-order valence-electron chi connectivity index (χ2n) is 6.55. The summed E-state index contributed by atoms with van der Waals surface area (Å²) >= 11 is 0. The molecule has 0 aromatic carbocycles. The molecule has 1 saturated carbocycles. The third-order valence-corrected chi connectivity index (χ3v) is 4.51. The number of aromatic nitrogens is 4. The monoisotopic (exact) mass is 313 g/mol. The molecule has 2 aliphatic rings. The average molecular weight is 313 g/mol. The molecule has 1 saturated heterocycles. The van der Waals surface area contributed by atoms with E-state index in [-0.39, 0.29) is 17.4 Å². The Morgan fingerprint density at radius 3 is 2.87 bits per heavy atom. The molecular weight excluding hydrogens is 294 g/mol. The van der Waals surface area contributed by atoms with Crippen molar-refractivity contribution in [1.29, 1.82) is 0 Å². The summed E-state index contributed by atoms with van der Waals surface area (Å²) in [5, 5.41) is 11.3. The summed E-state index contributed by atoms with van der Waals surface area (Å²) < 4.78 is 1.49. The van der Waals surface area contributed by atoms with Crippen LogP contribution in [0.25, 0.3) is 0 Å². The SMILES string of the molecule is Cc1ccc(=O)n(CC2CN(C(=O)c3cc(C4CC4)[nH]n3)C2)n1. The molecule has 0 atom stereocenters. The molecule has 1 aliphatic heterocycles. The maximum absolute atomic E-state index is 12.4. The second-order valence-corrected chi connectivity index (χ2v) is 6.55. The van der Waals surface area contributed by atoms with Crippen molar-refractivity contribution in [1.82, 2.24) is 24.9 Å². The van der Waals surface area contributed by atoms with E-state index in [1.165, 1.54) is 23.6 Å². The van der Waals surface area contributed by atoms with Crippen LogP contribution in [0.15, 0.2) is 23.0 Å². The number of H-pyrrole nitrogens is 1. The van der Waals surface area contributed by atoms with Gasteiger partial charge in [0.05, 0.1) is 12.2 Å². The normalized spacial score (nSPS) is 18.0. The lowest BCUT2D eigenvalue weighted by molar-refractivity contribution is 0.0452. The smallest absolute Gasteiger partial charge is 0.274 e. The molecule has 23 heavy (non-hydrogen) atoms. The molecule has 0 bridgehead atoms. The first-order chi connectivity index (χ1) is 11.1. The Balaban J connectivity index is 1.36. The maximum Gasteiger partial charge on any atom is 0.274 e. The van der Waals surface area contributed by atoms with Crippen LogP contribution < -0.4 is 5.56 Å². The quantitative estimate of drug-likeness (QED) is 0.910. The van der Waals surface area contributed by atoms with Crippen molar-refractivity contribution in [3.05, 3.63) is 45.6 Å². The van der Waals surface area contributed by atoms with Gasteiger partial charge in [0.15, 0.2) is 0 Å². The van der Waals surface area contributed by atoms with Gasteiger partial charge in [-0.1, -0.05) is 0 Å². The molecule has 2 fully saturated rings. The molecular formula is C16H19N5O2. The number of rotatable bonds is 4. The number of nitrogens with zero attached hydrogens (tertiary/aromatic N) is 4. The van der Waals surface area contributed by atoms with Gasteiger partial charge in [0.25, 0.3) is 11.5 Å². The summed E-state index contributed by atoms with van der Waals surface area (Å²) in [6.45, 7) is 3.71. The van der Waals surface area contributed by atoms with Gasteiger partial charge in [0.2, 0.25) is 0 Å². The predicted octanol–water partition coefficient (Wildman–Crippen LogP) is 0.924. The van der Waals surface area contributed by atoms with Crippen molar-refractivity contribution in [3.8, 4) is 0 Å². The van der Waals surface area contributed by atoms with E-state index >= 15 is 0 Å². The minimum absolute atomic E-state index is 0.0334. The molecule has 3 heterocycles. The zero-order valence-electron chi connectivity index (χ0n) is 13.0. The van der Waals surface area contributed by atoms with Crippen molar-refractivity contribution in [3.63, 3.8) is 0 Å². The van der Waals surface area contributed by atoms with Crippen LogP contribution in [0.2, 0.25) is 0 Å². The minimum atomic E-state index is -0.0956. The molecule has 1 N–H and O–H groups in total. The number of nitrogens with one attached hydrogen (secondary N) is 1. The Hall–Kier alpha value is -2.44. The highest BCUT2D eigenvalue weighted by Crippen LogP contribution is 2.39. The van der Waals surface area contributed by atoms with Crippen molar-refractivity contribution < 1.29 is 4.79 Å². The van der Waals surface area contributed by atoms with Crippen molar-refractivity contribution >= 4 is 5.91 Å². The number of amides is 1. The summed E-state index contributed by atoms with van der Waals surface area (Å²) in [4.78, 5) is 25.9. The lowest BCUT2D eigenvalue weighted by Crippen LogP contribution is -2.52. The van der Waals surface area contributed by atoms with Gasteiger partial charge in [0, 0.05) is 36.7 Å². The largest absolute Gasteiger partial charge is 0.336 e. The third kappa shape index (κ3) is 2.78. The van der Waals surface area contributed by atoms with Crippen LogP contribution in [-0.4, -0.2) is 43.9 Å². The number of hydrogen-bond donors (Lipinski definition) is 1. The Morgan fingerprint density at radius 2 is 2.13 bits per heavy atom. The summed E-state index contributed by atoms with van der Waals surface area (Å²) in [6.07, 6.45) is 2.36. The lowest BCUT2D eigenvalue weighted by atomic mass is 9.99. The molecule has 2 aromatic rings. The Morgan fingerprint density at radius 1 is 1.35 bits per heavy atom. The molecule has 120 valence electrons. The summed E-state index contributed by atoms with van der Waals surface area (Å²) in [5.41, 5.74) is 2.29. The Bertz CT molecular complexity index is 799. The van der Waals surface area contributed by atoms with Crippen molar-refractivity contribution in [2.45, 2.75) is 32.2 Å². The first kappa shape index (κ1) is 14.2. The zero-order chi connectivity index (χ0) is 16.0. The van der Waals surface area contributed by atoms with Crippen LogP contribution in [0.3, 0.4) is 0 Å². The molecule has 1 amide bonds. The van der Waals surface area contributed by atoms with Gasteiger partial charge in [-0.3, -0.25) is 14.7 Å². The van der Waals surface area contributed by atoms with E-state index in [9.17, 15) is 9.59 Å². The van der Waals surface area contributed by atoms with Crippen LogP contribution in [-0.2, 0) is 6.54 Å². The van der Waals surface area contributed by atoms with Gasteiger partial charge < -0.3 is 4.90 Å². The Labute approximate surface area is 133 Å². The topological polar surface area (TPSA) is 83.9 Å². The summed E-state index contributed by atoms with van der Waals surface area (Å²) in [6, 6.07) is 5.12. The number of carbonyl (C=O) groups is 1. The van der Waals surface area contributed by atoms with Crippen molar-refractivity contribution in [2.24, 2.45) is 5.92 Å². The first-order valence-corrected chi connectivity index (χ1v) is 7.99. The van der Waals surface area contributed by atoms with E-state index in [1.807, 2.05) is 13.0 Å². The van der Waals surface area contributed by atoms with Gasteiger partial charge in [-0.2, -0.15) is 10.2 Å².